The zero-order chi connectivity index (χ0) is 12.1. The SMILES string of the molecule is CCNC(Cc1cccs1)C1CCCC(C)C1. The summed E-state index contributed by atoms with van der Waals surface area (Å²) in [6.07, 6.45) is 6.94. The minimum absolute atomic E-state index is 0.696. The van der Waals surface area contributed by atoms with Crippen LogP contribution in [-0.4, -0.2) is 12.6 Å². The Bertz CT molecular complexity index is 307. The third-order valence-corrected chi connectivity index (χ3v) is 4.91. The van der Waals surface area contributed by atoms with Crippen molar-refractivity contribution in [2.75, 3.05) is 6.54 Å². The Balaban J connectivity index is 1.95. The van der Waals surface area contributed by atoms with Crippen molar-refractivity contribution in [2.24, 2.45) is 11.8 Å². The van der Waals surface area contributed by atoms with E-state index in [0.29, 0.717) is 6.04 Å². The summed E-state index contributed by atoms with van der Waals surface area (Å²) in [5.41, 5.74) is 0. The highest BCUT2D eigenvalue weighted by Crippen LogP contribution is 2.32. The Morgan fingerprint density at radius 2 is 2.35 bits per heavy atom. The number of likely N-dealkylation sites (N-methyl/N-ethyl adjacent to an activating group) is 1. The summed E-state index contributed by atoms with van der Waals surface area (Å²) < 4.78 is 0. The minimum atomic E-state index is 0.696. The second-order valence-electron chi connectivity index (χ2n) is 5.48. The topological polar surface area (TPSA) is 12.0 Å². The van der Waals surface area contributed by atoms with Gasteiger partial charge in [-0.05, 0) is 49.1 Å². The van der Waals surface area contributed by atoms with Crippen LogP contribution in [0.3, 0.4) is 0 Å². The fraction of sp³-hybridized carbons (Fsp3) is 0.733. The fourth-order valence-electron chi connectivity index (χ4n) is 3.16. The Morgan fingerprint density at radius 3 is 3.00 bits per heavy atom. The van der Waals surface area contributed by atoms with E-state index in [9.17, 15) is 0 Å². The van der Waals surface area contributed by atoms with Gasteiger partial charge in [-0.2, -0.15) is 0 Å². The van der Waals surface area contributed by atoms with Crippen LogP contribution >= 0.6 is 11.3 Å². The van der Waals surface area contributed by atoms with Gasteiger partial charge in [-0.1, -0.05) is 32.8 Å². The lowest BCUT2D eigenvalue weighted by Gasteiger charge is -2.33. The second-order valence-corrected chi connectivity index (χ2v) is 6.51. The molecule has 0 aromatic carbocycles. The van der Waals surface area contributed by atoms with E-state index in [2.05, 4.69) is 36.7 Å². The molecule has 0 spiro atoms. The van der Waals surface area contributed by atoms with Crippen LogP contribution in [-0.2, 0) is 6.42 Å². The largest absolute Gasteiger partial charge is 0.314 e. The van der Waals surface area contributed by atoms with Gasteiger partial charge in [0.05, 0.1) is 0 Å². The number of rotatable bonds is 5. The van der Waals surface area contributed by atoms with Gasteiger partial charge in [0.2, 0.25) is 0 Å². The summed E-state index contributed by atoms with van der Waals surface area (Å²) in [6, 6.07) is 5.15. The first-order valence-electron chi connectivity index (χ1n) is 7.05. The van der Waals surface area contributed by atoms with Crippen molar-refractivity contribution in [2.45, 2.75) is 52.0 Å². The molecule has 0 aliphatic heterocycles. The van der Waals surface area contributed by atoms with Crippen LogP contribution in [0.2, 0.25) is 0 Å². The van der Waals surface area contributed by atoms with Gasteiger partial charge < -0.3 is 5.32 Å². The van der Waals surface area contributed by atoms with Gasteiger partial charge in [-0.15, -0.1) is 11.3 Å². The van der Waals surface area contributed by atoms with Crippen LogP contribution in [0.15, 0.2) is 17.5 Å². The van der Waals surface area contributed by atoms with Gasteiger partial charge in [0.25, 0.3) is 0 Å². The predicted octanol–water partition coefficient (Wildman–Crippen LogP) is 4.10. The first-order valence-corrected chi connectivity index (χ1v) is 7.93. The molecule has 96 valence electrons. The zero-order valence-electron chi connectivity index (χ0n) is 11.1. The maximum Gasteiger partial charge on any atom is 0.0144 e. The quantitative estimate of drug-likeness (QED) is 0.831. The molecule has 2 heteroatoms. The molecule has 1 aliphatic carbocycles. The van der Waals surface area contributed by atoms with Gasteiger partial charge in [0, 0.05) is 10.9 Å². The van der Waals surface area contributed by atoms with Crippen molar-refractivity contribution < 1.29 is 0 Å². The van der Waals surface area contributed by atoms with Crippen molar-refractivity contribution >= 4 is 11.3 Å². The molecule has 0 saturated heterocycles. The average Bonchev–Trinajstić information content (AvgIpc) is 2.81. The Labute approximate surface area is 110 Å². The maximum absolute atomic E-state index is 3.72. The molecule has 1 N–H and O–H groups in total. The van der Waals surface area contributed by atoms with Crippen molar-refractivity contribution in [1.29, 1.82) is 0 Å². The number of hydrogen-bond donors (Lipinski definition) is 1. The lowest BCUT2D eigenvalue weighted by atomic mass is 9.77. The third-order valence-electron chi connectivity index (χ3n) is 4.01. The standard InChI is InChI=1S/C15H25NS/c1-3-16-15(11-14-8-5-9-17-14)13-7-4-6-12(2)10-13/h5,8-9,12-13,15-16H,3-4,6-7,10-11H2,1-2H3. The summed E-state index contributed by atoms with van der Waals surface area (Å²) in [6.45, 7) is 5.74. The van der Waals surface area contributed by atoms with Crippen LogP contribution < -0.4 is 5.32 Å². The van der Waals surface area contributed by atoms with Gasteiger partial charge in [0.1, 0.15) is 0 Å². The average molecular weight is 251 g/mol. The fourth-order valence-corrected chi connectivity index (χ4v) is 3.92. The van der Waals surface area contributed by atoms with E-state index in [1.54, 1.807) is 0 Å². The van der Waals surface area contributed by atoms with Crippen LogP contribution in [0.4, 0.5) is 0 Å². The summed E-state index contributed by atoms with van der Waals surface area (Å²) in [5.74, 6) is 1.82. The first kappa shape index (κ1) is 13.1. The van der Waals surface area contributed by atoms with Crippen molar-refractivity contribution in [3.05, 3.63) is 22.4 Å². The summed E-state index contributed by atoms with van der Waals surface area (Å²) in [5, 5.41) is 5.91. The van der Waals surface area contributed by atoms with E-state index in [0.717, 1.165) is 18.4 Å². The molecule has 2 rings (SSSR count). The molecule has 3 atom stereocenters. The number of thiophene rings is 1. The second kappa shape index (κ2) is 6.55. The molecule has 3 unspecified atom stereocenters. The van der Waals surface area contributed by atoms with Crippen LogP contribution in [0.1, 0.15) is 44.4 Å². The lowest BCUT2D eigenvalue weighted by Crippen LogP contribution is -2.39. The van der Waals surface area contributed by atoms with Crippen molar-refractivity contribution in [3.63, 3.8) is 0 Å². The van der Waals surface area contributed by atoms with E-state index < -0.39 is 0 Å². The molecule has 0 amide bonds. The van der Waals surface area contributed by atoms with Crippen LogP contribution in [0.25, 0.3) is 0 Å². The highest BCUT2D eigenvalue weighted by atomic mass is 32.1. The normalized spacial score (nSPS) is 26.9. The molecule has 1 saturated carbocycles. The molecule has 1 aliphatic rings. The summed E-state index contributed by atoms with van der Waals surface area (Å²) >= 11 is 1.90. The molecule has 0 bridgehead atoms. The molecule has 1 aromatic heterocycles. The number of hydrogen-bond acceptors (Lipinski definition) is 2. The Kier molecular flexibility index (Phi) is 5.05. The smallest absolute Gasteiger partial charge is 0.0144 e. The van der Waals surface area contributed by atoms with E-state index in [1.807, 2.05) is 11.3 Å². The number of nitrogens with one attached hydrogen (secondary N) is 1. The molecular formula is C15H25NS. The van der Waals surface area contributed by atoms with Crippen LogP contribution in [0, 0.1) is 11.8 Å². The van der Waals surface area contributed by atoms with Gasteiger partial charge in [-0.3, -0.25) is 0 Å². The highest BCUT2D eigenvalue weighted by Gasteiger charge is 2.26. The molecule has 17 heavy (non-hydrogen) atoms. The molecule has 1 heterocycles. The first-order chi connectivity index (χ1) is 8.29. The monoisotopic (exact) mass is 251 g/mol. The molecule has 1 aromatic rings. The lowest BCUT2D eigenvalue weighted by molar-refractivity contribution is 0.223. The highest BCUT2D eigenvalue weighted by molar-refractivity contribution is 7.09. The van der Waals surface area contributed by atoms with E-state index in [-0.39, 0.29) is 0 Å². The third kappa shape index (κ3) is 3.82. The summed E-state index contributed by atoms with van der Waals surface area (Å²) in [7, 11) is 0. The molecule has 0 radical (unpaired) electrons. The minimum Gasteiger partial charge on any atom is -0.314 e. The zero-order valence-corrected chi connectivity index (χ0v) is 11.9. The molecule has 1 nitrogen and oxygen atoms in total. The van der Waals surface area contributed by atoms with E-state index in [1.165, 1.54) is 37.0 Å². The Morgan fingerprint density at radius 1 is 1.47 bits per heavy atom. The van der Waals surface area contributed by atoms with Crippen LogP contribution in [0.5, 0.6) is 0 Å². The van der Waals surface area contributed by atoms with Gasteiger partial charge >= 0.3 is 0 Å². The molecule has 1 fully saturated rings. The van der Waals surface area contributed by atoms with Gasteiger partial charge in [-0.25, -0.2) is 0 Å². The molecular weight excluding hydrogens is 226 g/mol. The van der Waals surface area contributed by atoms with Gasteiger partial charge in [0.15, 0.2) is 0 Å². The summed E-state index contributed by atoms with van der Waals surface area (Å²) in [4.78, 5) is 1.54. The Hall–Kier alpha value is -0.340. The predicted molar refractivity (Wildman–Crippen MR) is 76.6 cm³/mol. The van der Waals surface area contributed by atoms with E-state index in [4.69, 9.17) is 0 Å². The maximum atomic E-state index is 3.72. The van der Waals surface area contributed by atoms with E-state index >= 15 is 0 Å². The van der Waals surface area contributed by atoms with Crippen molar-refractivity contribution in [3.8, 4) is 0 Å². The van der Waals surface area contributed by atoms with Crippen molar-refractivity contribution in [1.82, 2.24) is 5.32 Å².